The summed E-state index contributed by atoms with van der Waals surface area (Å²) in [4.78, 5) is 10.5. The molecule has 0 spiro atoms. The van der Waals surface area contributed by atoms with Crippen molar-refractivity contribution in [3.05, 3.63) is 0 Å². The maximum atomic E-state index is 10.5. The van der Waals surface area contributed by atoms with Crippen molar-refractivity contribution < 1.29 is 4.79 Å². The van der Waals surface area contributed by atoms with Gasteiger partial charge in [-0.2, -0.15) is 0 Å². The maximum absolute atomic E-state index is 10.5. The third-order valence-electron chi connectivity index (χ3n) is 0.343. The predicted octanol–water partition coefficient (Wildman–Crippen LogP) is 2.25. The molecular weight excluding hydrogens is 374 g/mol. The topological polar surface area (TPSA) is 29.1 Å². The van der Waals surface area contributed by atoms with Gasteiger partial charge in [-0.1, -0.05) is 0 Å². The molecule has 1 amide bonds. The van der Waals surface area contributed by atoms with Crippen molar-refractivity contribution in [1.82, 2.24) is 4.34 Å². The van der Waals surface area contributed by atoms with Crippen LogP contribution in [0.25, 0.3) is 0 Å². The van der Waals surface area contributed by atoms with E-state index in [4.69, 9.17) is 0 Å². The zero-order valence-electron chi connectivity index (χ0n) is 3.42. The molecule has 8 heavy (non-hydrogen) atoms. The second-order valence-electron chi connectivity index (χ2n) is 0.921. The van der Waals surface area contributed by atoms with Crippen LogP contribution in [0.15, 0.2) is 0 Å². The largest absolute Gasteiger partial charge is 0.290 e. The average molecular weight is 375 g/mol. The van der Waals surface area contributed by atoms with E-state index in [0.29, 0.717) is 0 Å². The molecule has 0 rings (SSSR count). The van der Waals surface area contributed by atoms with Crippen LogP contribution in [0, 0.1) is 0 Å². The minimum absolute atomic E-state index is 0.252. The summed E-state index contributed by atoms with van der Waals surface area (Å²) in [5.74, 6) is -0.252. The molecule has 0 saturated carbocycles. The predicted molar refractivity (Wildman–Crippen MR) is 46.6 cm³/mol. The van der Waals surface area contributed by atoms with Gasteiger partial charge in [0.2, 0.25) is 2.14 Å². The van der Waals surface area contributed by atoms with Gasteiger partial charge in [-0.15, -0.1) is 0 Å². The summed E-state index contributed by atoms with van der Waals surface area (Å²) in [6, 6.07) is 0. The summed E-state index contributed by atoms with van der Waals surface area (Å²) in [7, 11) is 0. The molecule has 0 aliphatic rings. The van der Waals surface area contributed by atoms with Gasteiger partial charge in [-0.25, -0.2) is 0 Å². The van der Waals surface area contributed by atoms with Gasteiger partial charge in [0, 0.05) is 16.1 Å². The van der Waals surface area contributed by atoms with Crippen LogP contribution < -0.4 is 4.34 Å². The smallest absolute Gasteiger partial charge is 0.268 e. The number of carbonyl (C=O) groups is 1. The Morgan fingerprint density at radius 2 is 1.75 bits per heavy atom. The van der Waals surface area contributed by atoms with Crippen LogP contribution >= 0.6 is 63.9 Å². The van der Waals surface area contributed by atoms with Crippen LogP contribution in [0.5, 0.6) is 0 Å². The van der Waals surface area contributed by atoms with Crippen LogP contribution in [0.4, 0.5) is 0 Å². The minimum Gasteiger partial charge on any atom is -0.290 e. The van der Waals surface area contributed by atoms with Gasteiger partial charge >= 0.3 is 0 Å². The van der Waals surface area contributed by atoms with Gasteiger partial charge < -0.3 is 0 Å². The van der Waals surface area contributed by atoms with Crippen LogP contribution in [0.2, 0.25) is 0 Å². The van der Waals surface area contributed by atoms with Gasteiger partial charge in [0.1, 0.15) is 0 Å². The van der Waals surface area contributed by atoms with E-state index in [0.717, 1.165) is 0 Å². The molecule has 48 valence electrons. The zero-order chi connectivity index (χ0) is 6.78. The molecule has 0 atom stereocenters. The number of hydrogen-bond donors (Lipinski definition) is 1. The van der Waals surface area contributed by atoms with Gasteiger partial charge in [-0.3, -0.25) is 9.14 Å². The highest BCUT2D eigenvalue weighted by Crippen LogP contribution is 2.33. The quantitative estimate of drug-likeness (QED) is 0.511. The Labute approximate surface area is 80.5 Å². The molecule has 6 heteroatoms. The molecule has 0 aromatic carbocycles. The molecule has 0 aromatic rings. The summed E-state index contributed by atoms with van der Waals surface area (Å²) in [6.45, 7) is 0. The Morgan fingerprint density at radius 1 is 1.38 bits per heavy atom. The standard InChI is InChI=1S/C2HBr4NO/c3-2(4,5)1(8)7-6/h(H,7,8). The van der Waals surface area contributed by atoms with Crippen molar-refractivity contribution >= 4 is 69.8 Å². The second-order valence-corrected chi connectivity index (χ2v) is 8.08. The third-order valence-corrected chi connectivity index (χ3v) is 1.78. The van der Waals surface area contributed by atoms with E-state index in [1.54, 1.807) is 0 Å². The van der Waals surface area contributed by atoms with Crippen molar-refractivity contribution in [2.75, 3.05) is 0 Å². The molecule has 0 unspecified atom stereocenters. The lowest BCUT2D eigenvalue weighted by molar-refractivity contribution is -0.117. The number of carbonyl (C=O) groups excluding carboxylic acids is 1. The number of alkyl halides is 3. The number of hydrogen-bond acceptors (Lipinski definition) is 1. The van der Waals surface area contributed by atoms with Crippen molar-refractivity contribution in [2.45, 2.75) is 2.14 Å². The summed E-state index contributed by atoms with van der Waals surface area (Å²) < 4.78 is 1.39. The molecule has 2 nitrogen and oxygen atoms in total. The highest BCUT2D eigenvalue weighted by molar-refractivity contribution is 9.40. The Balaban J connectivity index is 3.82. The summed E-state index contributed by atoms with van der Waals surface area (Å²) in [5, 5.41) is 0. The molecule has 0 aliphatic carbocycles. The Morgan fingerprint density at radius 3 is 1.75 bits per heavy atom. The number of amides is 1. The molecule has 0 saturated heterocycles. The first kappa shape index (κ1) is 9.39. The summed E-state index contributed by atoms with van der Waals surface area (Å²) in [5.41, 5.74) is 0. The van der Waals surface area contributed by atoms with E-state index in [1.165, 1.54) is 0 Å². The lowest BCUT2D eigenvalue weighted by Gasteiger charge is -2.06. The zero-order valence-corrected chi connectivity index (χ0v) is 9.76. The van der Waals surface area contributed by atoms with E-state index in [1.807, 2.05) is 0 Å². The number of rotatable bonds is 0. The highest BCUT2D eigenvalue weighted by Gasteiger charge is 2.27. The first-order chi connectivity index (χ1) is 3.48. The fourth-order valence-corrected chi connectivity index (χ4v) is 1.45. The molecule has 0 heterocycles. The van der Waals surface area contributed by atoms with Gasteiger partial charge in [0.05, 0.1) is 0 Å². The van der Waals surface area contributed by atoms with Gasteiger partial charge in [0.15, 0.2) is 0 Å². The van der Waals surface area contributed by atoms with Crippen LogP contribution in [0.3, 0.4) is 0 Å². The van der Waals surface area contributed by atoms with Gasteiger partial charge in [0.25, 0.3) is 5.91 Å². The fraction of sp³-hybridized carbons (Fsp3) is 0.500. The molecule has 0 bridgehead atoms. The average Bonchev–Trinajstić information content (AvgIpc) is 1.62. The van der Waals surface area contributed by atoms with E-state index < -0.39 is 2.14 Å². The molecule has 0 radical (unpaired) electrons. The maximum Gasteiger partial charge on any atom is 0.268 e. The minimum atomic E-state index is -0.851. The Bertz CT molecular complexity index is 96.7. The first-order valence-corrected chi connectivity index (χ1v) is 4.63. The SMILES string of the molecule is O=C(NBr)C(Br)(Br)Br. The monoisotopic (exact) mass is 371 g/mol. The molecule has 0 aliphatic heterocycles. The third kappa shape index (κ3) is 3.42. The lowest BCUT2D eigenvalue weighted by Crippen LogP contribution is -2.25. The van der Waals surface area contributed by atoms with Crippen molar-refractivity contribution in [3.8, 4) is 0 Å². The van der Waals surface area contributed by atoms with Crippen molar-refractivity contribution in [3.63, 3.8) is 0 Å². The Kier molecular flexibility index (Phi) is 4.15. The molecule has 0 aromatic heterocycles. The molecular formula is C2HBr4NO. The summed E-state index contributed by atoms with van der Waals surface area (Å²) in [6.07, 6.45) is 0. The van der Waals surface area contributed by atoms with E-state index in [2.05, 4.69) is 68.3 Å². The normalized spacial score (nSPS) is 11.0. The first-order valence-electron chi connectivity index (χ1n) is 1.46. The van der Waals surface area contributed by atoms with E-state index in [9.17, 15) is 4.79 Å². The van der Waals surface area contributed by atoms with Crippen LogP contribution in [-0.2, 0) is 4.79 Å². The number of halogens is 4. The Hall–Kier alpha value is 1.39. The van der Waals surface area contributed by atoms with Crippen molar-refractivity contribution in [1.29, 1.82) is 0 Å². The van der Waals surface area contributed by atoms with Crippen LogP contribution in [0.1, 0.15) is 0 Å². The van der Waals surface area contributed by atoms with Gasteiger partial charge in [-0.05, 0) is 47.8 Å². The van der Waals surface area contributed by atoms with Crippen molar-refractivity contribution in [2.24, 2.45) is 0 Å². The molecule has 0 fully saturated rings. The number of nitrogens with one attached hydrogen (secondary N) is 1. The molecule has 1 N–H and O–H groups in total. The lowest BCUT2D eigenvalue weighted by atomic mass is 10.8. The van der Waals surface area contributed by atoms with E-state index >= 15 is 0 Å². The van der Waals surface area contributed by atoms with E-state index in [-0.39, 0.29) is 5.91 Å². The van der Waals surface area contributed by atoms with Crippen LogP contribution in [-0.4, -0.2) is 8.05 Å². The second kappa shape index (κ2) is 3.53. The summed E-state index contributed by atoms with van der Waals surface area (Å²) >= 11 is 11.7. The fourth-order valence-electron chi connectivity index (χ4n) is 0.0536. The highest BCUT2D eigenvalue weighted by atomic mass is 80.0.